The van der Waals surface area contributed by atoms with Crippen LogP contribution < -0.4 is 0 Å². The predicted octanol–water partition coefficient (Wildman–Crippen LogP) is 3.79. The van der Waals surface area contributed by atoms with Gasteiger partial charge in [0.15, 0.2) is 0 Å². The van der Waals surface area contributed by atoms with Crippen LogP contribution in [0.5, 0.6) is 0 Å². The summed E-state index contributed by atoms with van der Waals surface area (Å²) in [5.41, 5.74) is 0.418. The van der Waals surface area contributed by atoms with Crippen molar-refractivity contribution in [2.45, 2.75) is 4.90 Å². The summed E-state index contributed by atoms with van der Waals surface area (Å²) in [6.07, 6.45) is 0. The van der Waals surface area contributed by atoms with E-state index in [1.807, 2.05) is 0 Å². The van der Waals surface area contributed by atoms with Gasteiger partial charge < -0.3 is 4.90 Å². The van der Waals surface area contributed by atoms with Crippen molar-refractivity contribution in [1.29, 1.82) is 0 Å². The zero-order chi connectivity index (χ0) is 18.9. The number of nitrogens with zero attached hydrogens (tertiary/aromatic N) is 2. The first-order valence-electron chi connectivity index (χ1n) is 7.80. The van der Waals surface area contributed by atoms with E-state index in [9.17, 15) is 13.2 Å². The number of sulfonamides is 1. The van der Waals surface area contributed by atoms with E-state index >= 15 is 0 Å². The second-order valence-corrected chi connectivity index (χ2v) is 8.88. The Hall–Kier alpha value is -1.31. The molecule has 0 radical (unpaired) electrons. The van der Waals surface area contributed by atoms with E-state index in [1.54, 1.807) is 35.2 Å². The highest BCUT2D eigenvalue weighted by molar-refractivity contribution is 7.89. The third-order valence-corrected chi connectivity index (χ3v) is 7.28. The van der Waals surface area contributed by atoms with Gasteiger partial charge >= 0.3 is 0 Å². The Labute approximate surface area is 167 Å². The molecule has 1 amide bonds. The Morgan fingerprint density at radius 3 is 2.12 bits per heavy atom. The largest absolute Gasteiger partial charge is 0.336 e. The normalized spacial score (nSPS) is 15.9. The number of carbonyl (C=O) groups is 1. The maximum absolute atomic E-state index is 12.7. The standard InChI is InChI=1S/C17H15Cl3N2O3S/c18-13-6-5-12(11-15(13)20)17(23)21-7-9-22(10-8-21)26(24,25)16-4-2-1-3-14(16)19/h1-6,11H,7-10H2. The predicted molar refractivity (Wildman–Crippen MR) is 103 cm³/mol. The molecule has 9 heteroatoms. The van der Waals surface area contributed by atoms with Gasteiger partial charge in [-0.1, -0.05) is 46.9 Å². The van der Waals surface area contributed by atoms with Gasteiger partial charge in [0.2, 0.25) is 10.0 Å². The molecule has 1 saturated heterocycles. The van der Waals surface area contributed by atoms with Gasteiger partial charge in [-0.25, -0.2) is 8.42 Å². The van der Waals surface area contributed by atoms with Crippen LogP contribution in [-0.4, -0.2) is 49.7 Å². The highest BCUT2D eigenvalue weighted by Gasteiger charge is 2.31. The van der Waals surface area contributed by atoms with Crippen LogP contribution in [0.15, 0.2) is 47.4 Å². The Morgan fingerprint density at radius 1 is 0.846 bits per heavy atom. The number of benzene rings is 2. The van der Waals surface area contributed by atoms with Gasteiger partial charge in [-0.3, -0.25) is 4.79 Å². The van der Waals surface area contributed by atoms with Crippen molar-refractivity contribution in [2.24, 2.45) is 0 Å². The van der Waals surface area contributed by atoms with Gasteiger partial charge in [0.1, 0.15) is 4.90 Å². The number of rotatable bonds is 3. The van der Waals surface area contributed by atoms with Crippen LogP contribution in [0.4, 0.5) is 0 Å². The van der Waals surface area contributed by atoms with Crippen molar-refractivity contribution in [2.75, 3.05) is 26.2 Å². The monoisotopic (exact) mass is 432 g/mol. The van der Waals surface area contributed by atoms with Crippen LogP contribution in [0.25, 0.3) is 0 Å². The molecule has 138 valence electrons. The van der Waals surface area contributed by atoms with Crippen LogP contribution in [0.3, 0.4) is 0 Å². The highest BCUT2D eigenvalue weighted by Crippen LogP contribution is 2.26. The lowest BCUT2D eigenvalue weighted by molar-refractivity contribution is 0.0698. The molecule has 1 aliphatic rings. The van der Waals surface area contributed by atoms with E-state index in [0.29, 0.717) is 15.6 Å². The molecule has 0 bridgehead atoms. The Bertz CT molecular complexity index is 942. The van der Waals surface area contributed by atoms with Gasteiger partial charge in [0.25, 0.3) is 5.91 Å². The smallest absolute Gasteiger partial charge is 0.253 e. The second kappa shape index (κ2) is 7.74. The van der Waals surface area contributed by atoms with Gasteiger partial charge in [-0.2, -0.15) is 4.31 Å². The average Bonchev–Trinajstić information content (AvgIpc) is 2.63. The molecule has 1 aliphatic heterocycles. The average molecular weight is 434 g/mol. The van der Waals surface area contributed by atoms with Crippen LogP contribution >= 0.6 is 34.8 Å². The van der Waals surface area contributed by atoms with Crippen LogP contribution in [0.2, 0.25) is 15.1 Å². The summed E-state index contributed by atoms with van der Waals surface area (Å²) in [6.45, 7) is 0.951. The lowest BCUT2D eigenvalue weighted by Gasteiger charge is -2.34. The van der Waals surface area contributed by atoms with Crippen molar-refractivity contribution in [3.8, 4) is 0 Å². The van der Waals surface area contributed by atoms with Crippen molar-refractivity contribution < 1.29 is 13.2 Å². The molecule has 2 aromatic rings. The van der Waals surface area contributed by atoms with E-state index in [2.05, 4.69) is 0 Å². The number of hydrogen-bond acceptors (Lipinski definition) is 3. The summed E-state index contributed by atoms with van der Waals surface area (Å²) < 4.78 is 26.8. The molecule has 0 aliphatic carbocycles. The minimum Gasteiger partial charge on any atom is -0.336 e. The van der Waals surface area contributed by atoms with Crippen molar-refractivity contribution in [3.05, 3.63) is 63.1 Å². The Balaban J connectivity index is 1.72. The Kier molecular flexibility index (Phi) is 5.79. The molecule has 5 nitrogen and oxygen atoms in total. The molecular weight excluding hydrogens is 419 g/mol. The molecule has 2 aromatic carbocycles. The third-order valence-electron chi connectivity index (χ3n) is 4.15. The molecule has 3 rings (SSSR count). The summed E-state index contributed by atoms with van der Waals surface area (Å²) in [5.74, 6) is -0.210. The fraction of sp³-hybridized carbons (Fsp3) is 0.235. The molecule has 0 aromatic heterocycles. The molecule has 0 spiro atoms. The molecule has 0 N–H and O–H groups in total. The van der Waals surface area contributed by atoms with E-state index < -0.39 is 10.0 Å². The summed E-state index contributed by atoms with van der Waals surface area (Å²) >= 11 is 17.9. The van der Waals surface area contributed by atoms with Crippen molar-refractivity contribution in [3.63, 3.8) is 0 Å². The number of carbonyl (C=O) groups excluding carboxylic acids is 1. The SMILES string of the molecule is O=C(c1ccc(Cl)c(Cl)c1)N1CCN(S(=O)(=O)c2ccccc2Cl)CC1. The van der Waals surface area contributed by atoms with E-state index in [1.165, 1.54) is 16.4 Å². The lowest BCUT2D eigenvalue weighted by atomic mass is 10.2. The Morgan fingerprint density at radius 2 is 1.50 bits per heavy atom. The summed E-state index contributed by atoms with van der Waals surface area (Å²) in [7, 11) is -3.69. The number of halogens is 3. The van der Waals surface area contributed by atoms with Crippen LogP contribution in [0.1, 0.15) is 10.4 Å². The second-order valence-electron chi connectivity index (χ2n) is 5.76. The third kappa shape index (κ3) is 3.85. The van der Waals surface area contributed by atoms with Gasteiger partial charge in [-0.15, -0.1) is 0 Å². The van der Waals surface area contributed by atoms with Crippen LogP contribution in [0, 0.1) is 0 Å². The maximum atomic E-state index is 12.7. The first-order valence-corrected chi connectivity index (χ1v) is 10.4. The van der Waals surface area contributed by atoms with Crippen molar-refractivity contribution in [1.82, 2.24) is 9.21 Å². The molecule has 0 atom stereocenters. The van der Waals surface area contributed by atoms with Gasteiger partial charge in [0.05, 0.1) is 15.1 Å². The van der Waals surface area contributed by atoms with Crippen molar-refractivity contribution >= 4 is 50.7 Å². The number of hydrogen-bond donors (Lipinski definition) is 0. The first kappa shape index (κ1) is 19.5. The number of piperazine rings is 1. The quantitative estimate of drug-likeness (QED) is 0.740. The highest BCUT2D eigenvalue weighted by atomic mass is 35.5. The summed E-state index contributed by atoms with van der Waals surface area (Å²) in [4.78, 5) is 14.2. The lowest BCUT2D eigenvalue weighted by Crippen LogP contribution is -2.50. The van der Waals surface area contributed by atoms with Gasteiger partial charge in [0, 0.05) is 31.7 Å². The van der Waals surface area contributed by atoms with E-state index in [4.69, 9.17) is 34.8 Å². The molecule has 1 heterocycles. The molecule has 26 heavy (non-hydrogen) atoms. The zero-order valence-electron chi connectivity index (χ0n) is 13.5. The number of amides is 1. The molecule has 0 saturated carbocycles. The minimum absolute atomic E-state index is 0.0749. The van der Waals surface area contributed by atoms with Crippen LogP contribution in [-0.2, 0) is 10.0 Å². The summed E-state index contributed by atoms with van der Waals surface area (Å²) in [6, 6.07) is 11.0. The maximum Gasteiger partial charge on any atom is 0.253 e. The minimum atomic E-state index is -3.69. The molecule has 1 fully saturated rings. The molecular formula is C17H15Cl3N2O3S. The van der Waals surface area contributed by atoms with E-state index in [0.717, 1.165) is 0 Å². The van der Waals surface area contributed by atoms with Gasteiger partial charge in [-0.05, 0) is 30.3 Å². The zero-order valence-corrected chi connectivity index (χ0v) is 16.6. The summed E-state index contributed by atoms with van der Waals surface area (Å²) in [5, 5.41) is 0.859. The fourth-order valence-corrected chi connectivity index (χ4v) is 4.95. The first-order chi connectivity index (χ1) is 12.3. The fourth-order valence-electron chi connectivity index (χ4n) is 2.74. The topological polar surface area (TPSA) is 57.7 Å². The molecule has 0 unspecified atom stereocenters. The van der Waals surface area contributed by atoms with E-state index in [-0.39, 0.29) is 42.0 Å².